The maximum atomic E-state index is 12.7. The quantitative estimate of drug-likeness (QED) is 0.776. The van der Waals surface area contributed by atoms with Crippen LogP contribution in [-0.4, -0.2) is 12.4 Å². The number of hydrogen-bond acceptors (Lipinski definition) is 2. The van der Waals surface area contributed by atoms with E-state index in [4.69, 9.17) is 16.3 Å². The van der Waals surface area contributed by atoms with Crippen LogP contribution in [0.1, 0.15) is 15.9 Å². The predicted octanol–water partition coefficient (Wildman–Crippen LogP) is 3.88. The highest BCUT2D eigenvalue weighted by atomic mass is 35.5. The van der Waals surface area contributed by atoms with Crippen LogP contribution in [0.2, 0.25) is 5.02 Å². The lowest BCUT2D eigenvalue weighted by atomic mass is 10.1. The van der Waals surface area contributed by atoms with Crippen molar-refractivity contribution < 1.29 is 13.9 Å². The summed E-state index contributed by atoms with van der Waals surface area (Å²) in [4.78, 5) is 11.7. The highest BCUT2D eigenvalue weighted by Gasteiger charge is 2.06. The third-order valence-corrected chi connectivity index (χ3v) is 2.79. The Kier molecular flexibility index (Phi) is 4.66. The first kappa shape index (κ1) is 13.7. The van der Waals surface area contributed by atoms with Gasteiger partial charge in [-0.25, -0.2) is 4.39 Å². The Morgan fingerprint density at radius 2 is 1.89 bits per heavy atom. The van der Waals surface area contributed by atoms with Gasteiger partial charge in [0.05, 0.1) is 6.61 Å². The van der Waals surface area contributed by atoms with Crippen molar-refractivity contribution in [3.63, 3.8) is 0 Å². The fourth-order valence-corrected chi connectivity index (χ4v) is 1.82. The van der Waals surface area contributed by atoms with Gasteiger partial charge in [0.2, 0.25) is 0 Å². The standard InChI is InChI=1S/C15H12ClFO2/c16-13-3-1-2-11(8-13)9-19-10-15(18)12-4-6-14(17)7-5-12/h1-8H,9-10H2. The van der Waals surface area contributed by atoms with E-state index in [1.54, 1.807) is 12.1 Å². The van der Waals surface area contributed by atoms with Crippen LogP contribution in [0.15, 0.2) is 48.5 Å². The lowest BCUT2D eigenvalue weighted by Crippen LogP contribution is -2.09. The molecule has 0 radical (unpaired) electrons. The molecular formula is C15H12ClFO2. The number of halogens is 2. The molecule has 0 atom stereocenters. The lowest BCUT2D eigenvalue weighted by Gasteiger charge is -2.04. The lowest BCUT2D eigenvalue weighted by molar-refractivity contribution is 0.0726. The Bertz CT molecular complexity index is 567. The molecule has 0 bridgehead atoms. The van der Waals surface area contributed by atoms with E-state index >= 15 is 0 Å². The molecule has 0 aliphatic carbocycles. The van der Waals surface area contributed by atoms with E-state index < -0.39 is 0 Å². The average Bonchev–Trinajstić information content (AvgIpc) is 2.39. The highest BCUT2D eigenvalue weighted by molar-refractivity contribution is 6.30. The van der Waals surface area contributed by atoms with Crippen LogP contribution in [0.4, 0.5) is 4.39 Å². The van der Waals surface area contributed by atoms with Gasteiger partial charge in [-0.3, -0.25) is 4.79 Å². The van der Waals surface area contributed by atoms with Gasteiger partial charge in [0.25, 0.3) is 0 Å². The van der Waals surface area contributed by atoms with E-state index in [-0.39, 0.29) is 18.2 Å². The first-order chi connectivity index (χ1) is 9.15. The van der Waals surface area contributed by atoms with Crippen molar-refractivity contribution in [1.29, 1.82) is 0 Å². The second-order valence-electron chi connectivity index (χ2n) is 4.05. The van der Waals surface area contributed by atoms with Gasteiger partial charge in [-0.15, -0.1) is 0 Å². The highest BCUT2D eigenvalue weighted by Crippen LogP contribution is 2.11. The van der Waals surface area contributed by atoms with Gasteiger partial charge in [-0.1, -0.05) is 23.7 Å². The maximum Gasteiger partial charge on any atom is 0.188 e. The Morgan fingerprint density at radius 1 is 1.16 bits per heavy atom. The summed E-state index contributed by atoms with van der Waals surface area (Å²) >= 11 is 5.84. The van der Waals surface area contributed by atoms with Crippen LogP contribution in [0.5, 0.6) is 0 Å². The average molecular weight is 279 g/mol. The molecule has 0 saturated carbocycles. The molecule has 2 rings (SSSR count). The monoisotopic (exact) mass is 278 g/mol. The summed E-state index contributed by atoms with van der Waals surface area (Å²) in [6.45, 7) is 0.269. The molecule has 2 aromatic carbocycles. The van der Waals surface area contributed by atoms with Crippen LogP contribution in [0, 0.1) is 5.82 Å². The molecule has 98 valence electrons. The number of Topliss-reactive ketones (excluding diaryl/α,β-unsaturated/α-hetero) is 1. The normalized spacial score (nSPS) is 10.4. The molecule has 2 nitrogen and oxygen atoms in total. The summed E-state index contributed by atoms with van der Waals surface area (Å²) in [7, 11) is 0. The topological polar surface area (TPSA) is 26.3 Å². The van der Waals surface area contributed by atoms with E-state index in [9.17, 15) is 9.18 Å². The molecule has 0 unspecified atom stereocenters. The van der Waals surface area contributed by atoms with E-state index in [1.165, 1.54) is 24.3 Å². The van der Waals surface area contributed by atoms with Crippen molar-refractivity contribution in [3.8, 4) is 0 Å². The summed E-state index contributed by atoms with van der Waals surface area (Å²) < 4.78 is 18.0. The maximum absolute atomic E-state index is 12.7. The van der Waals surface area contributed by atoms with Crippen molar-refractivity contribution in [2.24, 2.45) is 0 Å². The zero-order valence-corrected chi connectivity index (χ0v) is 10.9. The van der Waals surface area contributed by atoms with Crippen molar-refractivity contribution in [3.05, 3.63) is 70.5 Å². The van der Waals surface area contributed by atoms with Gasteiger partial charge in [0, 0.05) is 10.6 Å². The van der Waals surface area contributed by atoms with Crippen molar-refractivity contribution in [1.82, 2.24) is 0 Å². The molecule has 0 spiro atoms. The minimum absolute atomic E-state index is 0.0435. The number of benzene rings is 2. The Morgan fingerprint density at radius 3 is 2.58 bits per heavy atom. The van der Waals surface area contributed by atoms with Crippen molar-refractivity contribution in [2.45, 2.75) is 6.61 Å². The van der Waals surface area contributed by atoms with Gasteiger partial charge in [0.15, 0.2) is 5.78 Å². The van der Waals surface area contributed by atoms with Crippen LogP contribution in [0.3, 0.4) is 0 Å². The fourth-order valence-electron chi connectivity index (χ4n) is 1.61. The summed E-state index contributed by atoms with van der Waals surface area (Å²) in [5, 5.41) is 0.631. The smallest absolute Gasteiger partial charge is 0.188 e. The summed E-state index contributed by atoms with van der Waals surface area (Å²) in [5.74, 6) is -0.543. The van der Waals surface area contributed by atoms with Crippen molar-refractivity contribution >= 4 is 17.4 Å². The largest absolute Gasteiger partial charge is 0.369 e. The molecule has 19 heavy (non-hydrogen) atoms. The van der Waals surface area contributed by atoms with Gasteiger partial charge in [-0.2, -0.15) is 0 Å². The molecule has 0 saturated heterocycles. The van der Waals surface area contributed by atoms with E-state index in [0.29, 0.717) is 17.2 Å². The Balaban J connectivity index is 1.86. The minimum atomic E-state index is -0.364. The van der Waals surface area contributed by atoms with Crippen LogP contribution in [-0.2, 0) is 11.3 Å². The van der Waals surface area contributed by atoms with E-state index in [0.717, 1.165) is 5.56 Å². The van der Waals surface area contributed by atoms with E-state index in [1.807, 2.05) is 12.1 Å². The molecule has 0 N–H and O–H groups in total. The van der Waals surface area contributed by atoms with Gasteiger partial charge < -0.3 is 4.74 Å². The SMILES string of the molecule is O=C(COCc1cccc(Cl)c1)c1ccc(F)cc1. The molecule has 0 aliphatic rings. The first-order valence-corrected chi connectivity index (χ1v) is 6.14. The van der Waals surface area contributed by atoms with Crippen molar-refractivity contribution in [2.75, 3.05) is 6.61 Å². The Hall–Kier alpha value is -1.71. The van der Waals surface area contributed by atoms with Gasteiger partial charge >= 0.3 is 0 Å². The minimum Gasteiger partial charge on any atom is -0.369 e. The Labute approximate surface area is 115 Å². The number of rotatable bonds is 5. The zero-order chi connectivity index (χ0) is 13.7. The summed E-state index contributed by atoms with van der Waals surface area (Å²) in [6.07, 6.45) is 0. The molecular weight excluding hydrogens is 267 g/mol. The van der Waals surface area contributed by atoms with Gasteiger partial charge in [0.1, 0.15) is 12.4 Å². The molecule has 0 heterocycles. The third-order valence-electron chi connectivity index (χ3n) is 2.56. The van der Waals surface area contributed by atoms with E-state index in [2.05, 4.69) is 0 Å². The summed E-state index contributed by atoms with van der Waals surface area (Å²) in [5.41, 5.74) is 1.34. The fraction of sp³-hybridized carbons (Fsp3) is 0.133. The number of carbonyl (C=O) groups is 1. The first-order valence-electron chi connectivity index (χ1n) is 5.76. The number of ketones is 1. The third kappa shape index (κ3) is 4.16. The molecule has 2 aromatic rings. The zero-order valence-electron chi connectivity index (χ0n) is 10.1. The number of hydrogen-bond donors (Lipinski definition) is 0. The molecule has 0 fully saturated rings. The van der Waals surface area contributed by atoms with Crippen LogP contribution >= 0.6 is 11.6 Å². The number of carbonyl (C=O) groups excluding carboxylic acids is 1. The second-order valence-corrected chi connectivity index (χ2v) is 4.49. The second kappa shape index (κ2) is 6.45. The molecule has 0 aliphatic heterocycles. The predicted molar refractivity (Wildman–Crippen MR) is 71.8 cm³/mol. The molecule has 0 aromatic heterocycles. The molecule has 4 heteroatoms. The molecule has 0 amide bonds. The van der Waals surface area contributed by atoms with Crippen LogP contribution < -0.4 is 0 Å². The summed E-state index contributed by atoms with van der Waals surface area (Å²) in [6, 6.07) is 12.6. The number of ether oxygens (including phenoxy) is 1. The van der Waals surface area contributed by atoms with Gasteiger partial charge in [-0.05, 0) is 42.0 Å². The van der Waals surface area contributed by atoms with Crippen LogP contribution in [0.25, 0.3) is 0 Å².